The number of aliphatic hydroxyl groups excluding tert-OH is 2. The van der Waals surface area contributed by atoms with Crippen LogP contribution in [0.3, 0.4) is 0 Å². The van der Waals surface area contributed by atoms with Crippen molar-refractivity contribution in [2.24, 2.45) is 11.5 Å². The van der Waals surface area contributed by atoms with Gasteiger partial charge < -0.3 is 41.7 Å². The van der Waals surface area contributed by atoms with Crippen LogP contribution < -0.4 is 21.3 Å². The molecule has 0 unspecified atom stereocenters. The monoisotopic (exact) mass is 802 g/mol. The Morgan fingerprint density at radius 3 is 1.25 bits per heavy atom. The maximum Gasteiger partial charge on any atom is 0.142 e. The molecule has 2 aromatic heterocycles. The molecule has 0 amide bonds. The fourth-order valence-electron chi connectivity index (χ4n) is 6.40. The topological polar surface area (TPSA) is 260 Å². The van der Waals surface area contributed by atoms with E-state index in [4.69, 9.17) is 32.8 Å². The number of aryl methyl sites for hydroxylation is 2. The van der Waals surface area contributed by atoms with Gasteiger partial charge in [0.15, 0.2) is 0 Å². The maximum absolute atomic E-state index is 10.3. The van der Waals surface area contributed by atoms with Crippen molar-refractivity contribution < 1.29 is 20.4 Å². The first-order chi connectivity index (χ1) is 28.8. The third-order valence-corrected chi connectivity index (χ3v) is 9.90. The summed E-state index contributed by atoms with van der Waals surface area (Å²) in [5.74, 6) is 0.00556. The molecule has 0 aliphatic rings. The van der Waals surface area contributed by atoms with Crippen LogP contribution in [0.25, 0.3) is 0 Å². The van der Waals surface area contributed by atoms with E-state index in [9.17, 15) is 20.4 Å². The molecule has 6 aromatic rings. The number of aromatic hydroxyl groups is 2. The minimum absolute atomic E-state index is 0.00214. The predicted molar refractivity (Wildman–Crippen MR) is 230 cm³/mol. The Morgan fingerprint density at radius 1 is 0.567 bits per heavy atom. The molecule has 0 fully saturated rings. The van der Waals surface area contributed by atoms with Crippen molar-refractivity contribution in [3.8, 4) is 23.6 Å². The number of hydrogen-bond donors (Lipinski definition) is 8. The summed E-state index contributed by atoms with van der Waals surface area (Å²) >= 11 is 0. The standard InChI is InChI=1S/C23H26N6O2.C23H20N4O2/c1-14-21(31)20(13-30)18(10-28-14)12-29(19-8-6-17(7-9-19)23(26)27)11-15-2-4-16(5-3-15)22(24)25;1-16-23(29)22(15-28)20(12-26-16)14-27(21-8-6-18(11-25)7-9-21)13-19-4-2-17(10-24)3-5-19/h2-10,30-31H,11-13H2,1H3,(H3,24,25)(H3,26,27);2-9,12,28-29H,13-15H2,1H3. The number of amidine groups is 2. The van der Waals surface area contributed by atoms with Gasteiger partial charge in [0, 0.05) is 72.2 Å². The Morgan fingerprint density at radius 2 is 0.900 bits per heavy atom. The van der Waals surface area contributed by atoms with Gasteiger partial charge in [-0.15, -0.1) is 0 Å². The third-order valence-electron chi connectivity index (χ3n) is 9.90. The van der Waals surface area contributed by atoms with E-state index >= 15 is 0 Å². The lowest BCUT2D eigenvalue weighted by atomic mass is 10.1. The van der Waals surface area contributed by atoms with E-state index in [1.54, 1.807) is 74.8 Å². The Kier molecular flexibility index (Phi) is 14.5. The molecular weight excluding hydrogens is 757 g/mol. The van der Waals surface area contributed by atoms with Gasteiger partial charge in [-0.1, -0.05) is 36.4 Å². The molecule has 0 radical (unpaired) electrons. The van der Waals surface area contributed by atoms with Crippen LogP contribution in [0.2, 0.25) is 0 Å². The average Bonchev–Trinajstić information content (AvgIpc) is 3.26. The van der Waals surface area contributed by atoms with E-state index in [0.717, 1.165) is 22.5 Å². The van der Waals surface area contributed by atoms with E-state index in [2.05, 4.69) is 31.9 Å². The van der Waals surface area contributed by atoms with Crippen LogP contribution in [-0.2, 0) is 39.4 Å². The van der Waals surface area contributed by atoms with Gasteiger partial charge in [-0.05, 0) is 96.8 Å². The maximum atomic E-state index is 10.3. The van der Waals surface area contributed by atoms with Crippen molar-refractivity contribution in [1.82, 2.24) is 9.97 Å². The summed E-state index contributed by atoms with van der Waals surface area (Å²) < 4.78 is 0. The highest BCUT2D eigenvalue weighted by atomic mass is 16.3. The number of pyridine rings is 2. The minimum Gasteiger partial charge on any atom is -0.506 e. The predicted octanol–water partition coefficient (Wildman–Crippen LogP) is 5.90. The lowest BCUT2D eigenvalue weighted by molar-refractivity contribution is 0.273. The molecule has 0 aliphatic heterocycles. The largest absolute Gasteiger partial charge is 0.506 e. The molecule has 14 nitrogen and oxygen atoms in total. The van der Waals surface area contributed by atoms with Crippen LogP contribution in [0.15, 0.2) is 109 Å². The minimum atomic E-state index is -0.297. The zero-order valence-electron chi connectivity index (χ0n) is 33.3. The summed E-state index contributed by atoms with van der Waals surface area (Å²) in [5.41, 5.74) is 20.6. The molecule has 60 heavy (non-hydrogen) atoms. The number of aromatic nitrogens is 2. The summed E-state index contributed by atoms with van der Waals surface area (Å²) in [6.45, 7) is 4.65. The van der Waals surface area contributed by atoms with Crippen molar-refractivity contribution in [3.05, 3.63) is 176 Å². The van der Waals surface area contributed by atoms with E-state index in [0.29, 0.717) is 82.1 Å². The molecule has 0 aliphatic carbocycles. The number of benzene rings is 4. The highest BCUT2D eigenvalue weighted by molar-refractivity contribution is 5.95. The lowest BCUT2D eigenvalue weighted by Crippen LogP contribution is -2.23. The van der Waals surface area contributed by atoms with E-state index < -0.39 is 0 Å². The van der Waals surface area contributed by atoms with Gasteiger partial charge in [-0.3, -0.25) is 20.8 Å². The summed E-state index contributed by atoms with van der Waals surface area (Å²) in [7, 11) is 0. The molecule has 14 heteroatoms. The third kappa shape index (κ3) is 10.8. The summed E-state index contributed by atoms with van der Waals surface area (Å²) in [6, 6.07) is 33.5. The van der Waals surface area contributed by atoms with Gasteiger partial charge in [0.2, 0.25) is 0 Å². The second-order valence-corrected chi connectivity index (χ2v) is 14.0. The van der Waals surface area contributed by atoms with Crippen LogP contribution in [0.4, 0.5) is 11.4 Å². The van der Waals surface area contributed by atoms with Gasteiger partial charge in [-0.25, -0.2) is 0 Å². The number of nitrogens with zero attached hydrogens (tertiary/aromatic N) is 6. The first-order valence-corrected chi connectivity index (χ1v) is 18.8. The van der Waals surface area contributed by atoms with Crippen LogP contribution in [0.1, 0.15) is 67.0 Å². The van der Waals surface area contributed by atoms with E-state index in [1.165, 1.54) is 0 Å². The van der Waals surface area contributed by atoms with E-state index in [1.807, 2.05) is 48.5 Å². The van der Waals surface area contributed by atoms with Crippen LogP contribution in [0, 0.1) is 47.3 Å². The SMILES string of the molecule is Cc1ncc(CN(Cc2ccc(C#N)cc2)c2ccc(C#N)cc2)c(CO)c1O.Cc1ncc(CN(Cc2ccc(C(=N)N)cc2)c2ccc(C(=N)N)cc2)c(CO)c1O. The molecule has 2 heterocycles. The van der Waals surface area contributed by atoms with Gasteiger partial charge in [0.05, 0.1) is 47.9 Å². The van der Waals surface area contributed by atoms with Gasteiger partial charge in [-0.2, -0.15) is 10.5 Å². The number of nitriles is 2. The van der Waals surface area contributed by atoms with Crippen LogP contribution in [0.5, 0.6) is 11.5 Å². The number of nitrogens with two attached hydrogens (primary N) is 2. The number of anilines is 2. The second kappa shape index (κ2) is 20.1. The molecular formula is C46H46N10O4. The zero-order valence-corrected chi connectivity index (χ0v) is 33.3. The van der Waals surface area contributed by atoms with Crippen molar-refractivity contribution in [2.45, 2.75) is 53.2 Å². The number of rotatable bonds is 14. The Hall–Kier alpha value is -7.78. The van der Waals surface area contributed by atoms with Crippen molar-refractivity contribution >= 4 is 23.0 Å². The molecule has 304 valence electrons. The summed E-state index contributed by atoms with van der Waals surface area (Å²) in [5, 5.41) is 73.3. The number of hydrogen-bond acceptors (Lipinski definition) is 12. The molecule has 10 N–H and O–H groups in total. The fraction of sp³-hybridized carbons (Fsp3) is 0.174. The lowest BCUT2D eigenvalue weighted by Gasteiger charge is -2.26. The Balaban J connectivity index is 0.000000228. The molecule has 0 saturated heterocycles. The molecule has 0 spiro atoms. The average molecular weight is 803 g/mol. The first-order valence-electron chi connectivity index (χ1n) is 18.8. The highest BCUT2D eigenvalue weighted by Crippen LogP contribution is 2.29. The first kappa shape index (κ1) is 43.3. The second-order valence-electron chi connectivity index (χ2n) is 14.0. The van der Waals surface area contributed by atoms with Gasteiger partial charge in [0.25, 0.3) is 0 Å². The molecule has 0 atom stereocenters. The van der Waals surface area contributed by atoms with Gasteiger partial charge in [0.1, 0.15) is 23.2 Å². The normalized spacial score (nSPS) is 10.4. The van der Waals surface area contributed by atoms with Crippen LogP contribution in [-0.4, -0.2) is 42.1 Å². The fourth-order valence-corrected chi connectivity index (χ4v) is 6.40. The van der Waals surface area contributed by atoms with E-state index in [-0.39, 0.29) is 36.4 Å². The number of aliphatic hydroxyl groups is 2. The van der Waals surface area contributed by atoms with Crippen LogP contribution >= 0.6 is 0 Å². The molecule has 0 saturated carbocycles. The van der Waals surface area contributed by atoms with Crippen molar-refractivity contribution in [3.63, 3.8) is 0 Å². The Labute approximate surface area is 348 Å². The summed E-state index contributed by atoms with van der Waals surface area (Å²) in [4.78, 5) is 12.6. The number of nitrogens with one attached hydrogen (secondary N) is 2. The summed E-state index contributed by atoms with van der Waals surface area (Å²) in [6.07, 6.45) is 3.33. The van der Waals surface area contributed by atoms with Gasteiger partial charge >= 0.3 is 0 Å². The molecule has 0 bridgehead atoms. The highest BCUT2D eigenvalue weighted by Gasteiger charge is 2.18. The van der Waals surface area contributed by atoms with Crippen molar-refractivity contribution in [1.29, 1.82) is 21.3 Å². The molecule has 6 rings (SSSR count). The smallest absolute Gasteiger partial charge is 0.142 e. The Bertz CT molecular complexity index is 2530. The van der Waals surface area contributed by atoms with Crippen molar-refractivity contribution in [2.75, 3.05) is 9.80 Å². The molecule has 4 aromatic carbocycles. The zero-order chi connectivity index (χ0) is 43.3. The number of nitrogen functional groups attached to an aromatic ring is 2. The quantitative estimate of drug-likeness (QED) is 0.0473.